The van der Waals surface area contributed by atoms with Gasteiger partial charge < -0.3 is 15.8 Å². The molecule has 3 N–H and O–H groups in total. The molecule has 1 aromatic carbocycles. The molecule has 6 heteroatoms. The van der Waals surface area contributed by atoms with Crippen molar-refractivity contribution in [3.8, 4) is 5.75 Å². The minimum atomic E-state index is 0.0987. The summed E-state index contributed by atoms with van der Waals surface area (Å²) in [6, 6.07) is 8.00. The maximum atomic E-state index is 5.69. The molecular formula is C13H18N4OS. The van der Waals surface area contributed by atoms with Crippen LogP contribution in [-0.4, -0.2) is 29.1 Å². The molecule has 2 aromatic rings. The largest absolute Gasteiger partial charge is 0.496 e. The number of methoxy groups -OCH3 is 1. The number of rotatable bonds is 6. The average molecular weight is 278 g/mol. The predicted molar refractivity (Wildman–Crippen MR) is 77.8 cm³/mol. The van der Waals surface area contributed by atoms with Gasteiger partial charge in [0.15, 0.2) is 0 Å². The van der Waals surface area contributed by atoms with Crippen LogP contribution >= 0.6 is 11.5 Å². The number of nitrogens with two attached hydrogens (primary N) is 1. The van der Waals surface area contributed by atoms with Gasteiger partial charge in [-0.1, -0.05) is 18.2 Å². The fourth-order valence-corrected chi connectivity index (χ4v) is 2.26. The van der Waals surface area contributed by atoms with Crippen LogP contribution in [0.3, 0.4) is 0 Å². The van der Waals surface area contributed by atoms with Crippen molar-refractivity contribution in [1.29, 1.82) is 0 Å². The van der Waals surface area contributed by atoms with E-state index in [1.165, 1.54) is 11.5 Å². The molecule has 0 radical (unpaired) electrons. The van der Waals surface area contributed by atoms with E-state index >= 15 is 0 Å². The third kappa shape index (κ3) is 3.90. The number of aromatic nitrogens is 2. The standard InChI is InChI=1S/C13H18N4OS/c1-9(14)8-15-13-16-12(17-19-13)7-10-5-3-4-6-11(10)18-2/h3-6,9H,7-8,14H2,1-2H3,(H,15,16,17). The molecule has 0 saturated carbocycles. The lowest BCUT2D eigenvalue weighted by Gasteiger charge is -2.06. The maximum Gasteiger partial charge on any atom is 0.202 e. The van der Waals surface area contributed by atoms with Gasteiger partial charge in [-0.2, -0.15) is 4.37 Å². The Morgan fingerprint density at radius 2 is 2.21 bits per heavy atom. The molecule has 1 heterocycles. The Balaban J connectivity index is 2.03. The maximum absolute atomic E-state index is 5.69. The second-order valence-corrected chi connectivity index (χ2v) is 5.11. The van der Waals surface area contributed by atoms with Gasteiger partial charge >= 0.3 is 0 Å². The van der Waals surface area contributed by atoms with Crippen LogP contribution in [0.15, 0.2) is 24.3 Å². The molecule has 1 unspecified atom stereocenters. The summed E-state index contributed by atoms with van der Waals surface area (Å²) >= 11 is 1.36. The zero-order chi connectivity index (χ0) is 13.7. The summed E-state index contributed by atoms with van der Waals surface area (Å²) in [5.41, 5.74) is 6.77. The molecule has 0 saturated heterocycles. The monoisotopic (exact) mass is 278 g/mol. The molecular weight excluding hydrogens is 260 g/mol. The fourth-order valence-electron chi connectivity index (χ4n) is 1.67. The number of anilines is 1. The van der Waals surface area contributed by atoms with E-state index in [2.05, 4.69) is 14.7 Å². The van der Waals surface area contributed by atoms with Crippen LogP contribution in [0.5, 0.6) is 5.75 Å². The smallest absolute Gasteiger partial charge is 0.202 e. The van der Waals surface area contributed by atoms with E-state index < -0.39 is 0 Å². The van der Waals surface area contributed by atoms with Crippen LogP contribution in [0.2, 0.25) is 0 Å². The molecule has 0 bridgehead atoms. The van der Waals surface area contributed by atoms with Crippen LogP contribution in [0, 0.1) is 0 Å². The highest BCUT2D eigenvalue weighted by Gasteiger charge is 2.08. The van der Waals surface area contributed by atoms with Crippen molar-refractivity contribution >= 4 is 16.7 Å². The number of hydrogen-bond donors (Lipinski definition) is 2. The highest BCUT2D eigenvalue weighted by molar-refractivity contribution is 7.09. The molecule has 2 rings (SSSR count). The molecule has 0 aliphatic heterocycles. The van der Waals surface area contributed by atoms with Crippen molar-refractivity contribution in [2.75, 3.05) is 19.0 Å². The van der Waals surface area contributed by atoms with Gasteiger partial charge in [-0.15, -0.1) is 0 Å². The molecule has 0 aliphatic carbocycles. The van der Waals surface area contributed by atoms with Gasteiger partial charge in [0.2, 0.25) is 5.13 Å². The summed E-state index contributed by atoms with van der Waals surface area (Å²) in [6.07, 6.45) is 0.667. The molecule has 5 nitrogen and oxygen atoms in total. The summed E-state index contributed by atoms with van der Waals surface area (Å²) in [7, 11) is 1.67. The Bertz CT molecular complexity index is 527. The normalized spacial score (nSPS) is 12.2. The van der Waals surface area contributed by atoms with Crippen LogP contribution < -0.4 is 15.8 Å². The van der Waals surface area contributed by atoms with Gasteiger partial charge in [-0.3, -0.25) is 0 Å². The minimum absolute atomic E-state index is 0.0987. The molecule has 1 atom stereocenters. The first kappa shape index (κ1) is 13.8. The zero-order valence-electron chi connectivity index (χ0n) is 11.1. The molecule has 0 aliphatic rings. The van der Waals surface area contributed by atoms with Crippen LogP contribution in [0.1, 0.15) is 18.3 Å². The second-order valence-electron chi connectivity index (χ2n) is 4.36. The summed E-state index contributed by atoms with van der Waals surface area (Å²) in [5.74, 6) is 1.66. The average Bonchev–Trinajstić information content (AvgIpc) is 2.85. The number of nitrogens with one attached hydrogen (secondary N) is 1. The summed E-state index contributed by atoms with van der Waals surface area (Å²) in [4.78, 5) is 4.44. The first-order chi connectivity index (χ1) is 9.19. The summed E-state index contributed by atoms with van der Waals surface area (Å²) < 4.78 is 9.66. The molecule has 1 aromatic heterocycles. The molecule has 0 fully saturated rings. The van der Waals surface area contributed by atoms with Crippen LogP contribution in [0.25, 0.3) is 0 Å². The van der Waals surface area contributed by atoms with E-state index in [1.54, 1.807) is 7.11 Å². The van der Waals surface area contributed by atoms with Crippen molar-refractivity contribution in [1.82, 2.24) is 9.36 Å². The van der Waals surface area contributed by atoms with Crippen LogP contribution in [0.4, 0.5) is 5.13 Å². The van der Waals surface area contributed by atoms with Gasteiger partial charge in [0.1, 0.15) is 11.6 Å². The van der Waals surface area contributed by atoms with Gasteiger partial charge in [0, 0.05) is 36.1 Å². The fraction of sp³-hybridized carbons (Fsp3) is 0.385. The highest BCUT2D eigenvalue weighted by atomic mass is 32.1. The number of nitrogens with zero attached hydrogens (tertiary/aromatic N) is 2. The Hall–Kier alpha value is -1.66. The third-order valence-electron chi connectivity index (χ3n) is 2.58. The molecule has 0 spiro atoms. The van der Waals surface area contributed by atoms with Crippen molar-refractivity contribution in [2.24, 2.45) is 5.73 Å². The van der Waals surface area contributed by atoms with Gasteiger partial charge in [-0.25, -0.2) is 4.98 Å². The van der Waals surface area contributed by atoms with Crippen molar-refractivity contribution in [2.45, 2.75) is 19.4 Å². The zero-order valence-corrected chi connectivity index (χ0v) is 11.9. The van der Waals surface area contributed by atoms with Gasteiger partial charge in [0.25, 0.3) is 0 Å². The Morgan fingerprint density at radius 3 is 2.95 bits per heavy atom. The topological polar surface area (TPSA) is 73.1 Å². The molecule has 0 amide bonds. The first-order valence-electron chi connectivity index (χ1n) is 6.13. The van der Waals surface area contributed by atoms with E-state index in [0.29, 0.717) is 13.0 Å². The molecule has 19 heavy (non-hydrogen) atoms. The Kier molecular flexibility index (Phi) is 4.70. The SMILES string of the molecule is COc1ccccc1Cc1nsc(NCC(C)N)n1. The van der Waals surface area contributed by atoms with Crippen LogP contribution in [-0.2, 0) is 6.42 Å². The lowest BCUT2D eigenvalue weighted by Crippen LogP contribution is -2.25. The summed E-state index contributed by atoms with van der Waals surface area (Å²) in [6.45, 7) is 2.65. The van der Waals surface area contributed by atoms with Crippen molar-refractivity contribution in [3.63, 3.8) is 0 Å². The van der Waals surface area contributed by atoms with Crippen molar-refractivity contribution in [3.05, 3.63) is 35.7 Å². The Morgan fingerprint density at radius 1 is 1.42 bits per heavy atom. The van der Waals surface area contributed by atoms with Gasteiger partial charge in [0.05, 0.1) is 7.11 Å². The predicted octanol–water partition coefficient (Wildman–Crippen LogP) is 1.90. The number of benzene rings is 1. The lowest BCUT2D eigenvalue weighted by molar-refractivity contribution is 0.410. The molecule has 102 valence electrons. The van der Waals surface area contributed by atoms with E-state index in [-0.39, 0.29) is 6.04 Å². The van der Waals surface area contributed by atoms with Gasteiger partial charge in [-0.05, 0) is 13.0 Å². The number of para-hydroxylation sites is 1. The quantitative estimate of drug-likeness (QED) is 0.844. The lowest BCUT2D eigenvalue weighted by atomic mass is 10.1. The first-order valence-corrected chi connectivity index (χ1v) is 6.90. The minimum Gasteiger partial charge on any atom is -0.496 e. The Labute approximate surface area is 117 Å². The van der Waals surface area contributed by atoms with E-state index in [9.17, 15) is 0 Å². The number of hydrogen-bond acceptors (Lipinski definition) is 6. The van der Waals surface area contributed by atoms with Crippen molar-refractivity contribution < 1.29 is 4.74 Å². The second kappa shape index (κ2) is 6.49. The third-order valence-corrected chi connectivity index (χ3v) is 3.30. The highest BCUT2D eigenvalue weighted by Crippen LogP contribution is 2.21. The van der Waals surface area contributed by atoms with E-state index in [4.69, 9.17) is 10.5 Å². The summed E-state index contributed by atoms with van der Waals surface area (Å²) in [5, 5.41) is 3.98. The number of ether oxygens (including phenoxy) is 1. The van der Waals surface area contributed by atoms with E-state index in [0.717, 1.165) is 22.3 Å². The van der Waals surface area contributed by atoms with E-state index in [1.807, 2.05) is 31.2 Å².